The summed E-state index contributed by atoms with van der Waals surface area (Å²) in [5.41, 5.74) is 3.65. The Morgan fingerprint density at radius 1 is 1.07 bits per heavy atom. The largest absolute Gasteiger partial charge is 0.457 e. The molecule has 7 nitrogen and oxygen atoms in total. The highest BCUT2D eigenvalue weighted by Crippen LogP contribution is 2.32. The van der Waals surface area contributed by atoms with E-state index in [1.807, 2.05) is 32.0 Å². The highest BCUT2D eigenvalue weighted by atomic mass is 32.2. The Bertz CT molecular complexity index is 1190. The van der Waals surface area contributed by atoms with Crippen LogP contribution in [0, 0.1) is 24.0 Å². The number of aryl methyl sites for hydroxylation is 2. The van der Waals surface area contributed by atoms with Crippen molar-refractivity contribution in [3.8, 4) is 11.3 Å². The summed E-state index contributed by atoms with van der Waals surface area (Å²) in [4.78, 5) is 27.7. The zero-order chi connectivity index (χ0) is 21.3. The van der Waals surface area contributed by atoms with Crippen molar-refractivity contribution in [2.24, 2.45) is 4.99 Å². The molecule has 1 aliphatic heterocycles. The number of rotatable bonds is 4. The molecular weight excluding hydrogens is 402 g/mol. The third kappa shape index (κ3) is 4.04. The van der Waals surface area contributed by atoms with Crippen LogP contribution >= 0.6 is 11.8 Å². The fourth-order valence-electron chi connectivity index (χ4n) is 3.03. The number of amidine groups is 1. The zero-order valence-corrected chi connectivity index (χ0v) is 17.0. The average molecular weight is 419 g/mol. The molecule has 1 amide bonds. The van der Waals surface area contributed by atoms with Gasteiger partial charge in [0.25, 0.3) is 11.6 Å². The minimum Gasteiger partial charge on any atom is -0.457 e. The van der Waals surface area contributed by atoms with Crippen LogP contribution in [0.5, 0.6) is 0 Å². The summed E-state index contributed by atoms with van der Waals surface area (Å²) in [6.45, 7) is 3.96. The number of aliphatic imine (C=N–C) groups is 1. The zero-order valence-electron chi connectivity index (χ0n) is 16.2. The Labute approximate surface area is 176 Å². The number of nitrogens with zero attached hydrogens (tertiary/aromatic N) is 2. The van der Waals surface area contributed by atoms with Crippen molar-refractivity contribution in [2.45, 2.75) is 13.8 Å². The first kappa shape index (κ1) is 19.7. The minimum absolute atomic E-state index is 0.0161. The van der Waals surface area contributed by atoms with E-state index in [4.69, 9.17) is 4.42 Å². The standard InChI is InChI=1S/C22H17N3O4S/c1-13-4-3-5-14(2)20(13)23-22-24-21(26)19(30-22)12-17-10-11-18(29-17)15-6-8-16(9-7-15)25(27)28/h3-12H,1-2H3,(H,23,24,26)/b19-12+. The highest BCUT2D eigenvalue weighted by molar-refractivity contribution is 8.18. The average Bonchev–Trinajstić information content (AvgIpc) is 3.32. The van der Waals surface area contributed by atoms with E-state index in [9.17, 15) is 14.9 Å². The van der Waals surface area contributed by atoms with Crippen molar-refractivity contribution in [1.82, 2.24) is 5.32 Å². The Hall–Kier alpha value is -3.65. The van der Waals surface area contributed by atoms with E-state index in [1.54, 1.807) is 30.3 Å². The number of nitro benzene ring substituents is 1. The van der Waals surface area contributed by atoms with Gasteiger partial charge in [0.2, 0.25) is 0 Å². The van der Waals surface area contributed by atoms with Crippen LogP contribution in [-0.4, -0.2) is 16.0 Å². The number of benzene rings is 2. The van der Waals surface area contributed by atoms with E-state index >= 15 is 0 Å². The summed E-state index contributed by atoms with van der Waals surface area (Å²) in [7, 11) is 0. The number of furan rings is 1. The Morgan fingerprint density at radius 2 is 1.77 bits per heavy atom. The summed E-state index contributed by atoms with van der Waals surface area (Å²) >= 11 is 1.25. The molecule has 0 spiro atoms. The first-order valence-electron chi connectivity index (χ1n) is 9.11. The third-order valence-corrected chi connectivity index (χ3v) is 5.48. The smallest absolute Gasteiger partial charge is 0.269 e. The molecule has 1 aromatic heterocycles. The normalized spacial score (nSPS) is 16.3. The highest BCUT2D eigenvalue weighted by Gasteiger charge is 2.24. The number of hydrogen-bond acceptors (Lipinski definition) is 6. The van der Waals surface area contributed by atoms with Crippen LogP contribution in [0.15, 0.2) is 68.9 Å². The number of nitrogens with one attached hydrogen (secondary N) is 1. The van der Waals surface area contributed by atoms with Crippen molar-refractivity contribution in [2.75, 3.05) is 0 Å². The second-order valence-corrected chi connectivity index (χ2v) is 7.76. The lowest BCUT2D eigenvalue weighted by atomic mass is 10.1. The van der Waals surface area contributed by atoms with Gasteiger partial charge in [0, 0.05) is 23.8 Å². The fraction of sp³-hybridized carbons (Fsp3) is 0.0909. The number of para-hydroxylation sites is 1. The number of thioether (sulfide) groups is 1. The maximum absolute atomic E-state index is 12.3. The second-order valence-electron chi connectivity index (χ2n) is 6.73. The molecule has 0 unspecified atom stereocenters. The predicted octanol–water partition coefficient (Wildman–Crippen LogP) is 5.36. The van der Waals surface area contributed by atoms with Gasteiger partial charge in [0.05, 0.1) is 15.5 Å². The number of nitro groups is 1. The summed E-state index contributed by atoms with van der Waals surface area (Å²) in [6.07, 6.45) is 1.65. The van der Waals surface area contributed by atoms with Gasteiger partial charge in [-0.1, -0.05) is 18.2 Å². The first-order chi connectivity index (χ1) is 14.4. The second kappa shape index (κ2) is 8.00. The first-order valence-corrected chi connectivity index (χ1v) is 9.93. The van der Waals surface area contributed by atoms with Gasteiger partial charge in [0.1, 0.15) is 11.5 Å². The van der Waals surface area contributed by atoms with Gasteiger partial charge in [-0.25, -0.2) is 4.99 Å². The van der Waals surface area contributed by atoms with Crippen LogP contribution in [-0.2, 0) is 4.79 Å². The molecule has 8 heteroatoms. The van der Waals surface area contributed by atoms with Gasteiger partial charge in [0.15, 0.2) is 5.17 Å². The van der Waals surface area contributed by atoms with E-state index in [2.05, 4.69) is 10.3 Å². The van der Waals surface area contributed by atoms with E-state index in [-0.39, 0.29) is 11.6 Å². The maximum Gasteiger partial charge on any atom is 0.269 e. The van der Waals surface area contributed by atoms with Crippen LogP contribution in [0.3, 0.4) is 0 Å². The molecule has 1 fully saturated rings. The Balaban J connectivity index is 1.55. The van der Waals surface area contributed by atoms with E-state index in [0.717, 1.165) is 16.8 Å². The molecule has 0 aliphatic carbocycles. The van der Waals surface area contributed by atoms with Gasteiger partial charge in [-0.2, -0.15) is 0 Å². The topological polar surface area (TPSA) is 97.7 Å². The fourth-order valence-corrected chi connectivity index (χ4v) is 3.83. The molecule has 1 saturated heterocycles. The molecular formula is C22H17N3O4S. The predicted molar refractivity (Wildman–Crippen MR) is 118 cm³/mol. The summed E-state index contributed by atoms with van der Waals surface area (Å²) in [5.74, 6) is 0.831. The lowest BCUT2D eigenvalue weighted by Crippen LogP contribution is -2.19. The van der Waals surface area contributed by atoms with Crippen molar-refractivity contribution in [3.63, 3.8) is 0 Å². The van der Waals surface area contributed by atoms with Gasteiger partial charge in [-0.15, -0.1) is 0 Å². The number of non-ortho nitro benzene ring substituents is 1. The SMILES string of the molecule is Cc1cccc(C)c1N=C1NC(=O)/C(=C\c2ccc(-c3ccc([N+](=O)[O-])cc3)o2)S1. The number of hydrogen-bond donors (Lipinski definition) is 1. The molecule has 150 valence electrons. The molecule has 1 N–H and O–H groups in total. The third-order valence-electron chi connectivity index (χ3n) is 4.57. The molecule has 2 aromatic carbocycles. The van der Waals surface area contributed by atoms with Crippen LogP contribution in [0.4, 0.5) is 11.4 Å². The van der Waals surface area contributed by atoms with Crippen molar-refractivity contribution < 1.29 is 14.1 Å². The minimum atomic E-state index is -0.449. The molecule has 1 aliphatic rings. The van der Waals surface area contributed by atoms with E-state index < -0.39 is 4.92 Å². The molecule has 0 bridgehead atoms. The van der Waals surface area contributed by atoms with Crippen LogP contribution < -0.4 is 5.32 Å². The van der Waals surface area contributed by atoms with Crippen LogP contribution in [0.1, 0.15) is 16.9 Å². The van der Waals surface area contributed by atoms with E-state index in [0.29, 0.717) is 27.2 Å². The summed E-state index contributed by atoms with van der Waals surface area (Å²) in [5, 5.41) is 14.1. The van der Waals surface area contributed by atoms with Crippen LogP contribution in [0.25, 0.3) is 17.4 Å². The number of amides is 1. The van der Waals surface area contributed by atoms with Gasteiger partial charge in [-0.3, -0.25) is 14.9 Å². The summed E-state index contributed by atoms with van der Waals surface area (Å²) in [6, 6.07) is 15.5. The molecule has 0 saturated carbocycles. The lowest BCUT2D eigenvalue weighted by Gasteiger charge is -2.04. The van der Waals surface area contributed by atoms with Gasteiger partial charge >= 0.3 is 0 Å². The Morgan fingerprint density at radius 3 is 2.43 bits per heavy atom. The maximum atomic E-state index is 12.3. The molecule has 4 rings (SSSR count). The lowest BCUT2D eigenvalue weighted by molar-refractivity contribution is -0.384. The monoisotopic (exact) mass is 419 g/mol. The van der Waals surface area contributed by atoms with Crippen LogP contribution in [0.2, 0.25) is 0 Å². The molecule has 0 atom stereocenters. The summed E-state index contributed by atoms with van der Waals surface area (Å²) < 4.78 is 5.79. The number of carbonyl (C=O) groups is 1. The Kier molecular flexibility index (Phi) is 5.24. The molecule has 3 aromatic rings. The molecule has 2 heterocycles. The van der Waals surface area contributed by atoms with Gasteiger partial charge in [-0.05, 0) is 61.0 Å². The van der Waals surface area contributed by atoms with Crippen molar-refractivity contribution in [3.05, 3.63) is 86.5 Å². The van der Waals surface area contributed by atoms with Crippen molar-refractivity contribution >= 4 is 40.3 Å². The molecule has 30 heavy (non-hydrogen) atoms. The molecule has 0 radical (unpaired) electrons. The van der Waals surface area contributed by atoms with Crippen molar-refractivity contribution in [1.29, 1.82) is 0 Å². The van der Waals surface area contributed by atoms with E-state index in [1.165, 1.54) is 23.9 Å². The van der Waals surface area contributed by atoms with Gasteiger partial charge < -0.3 is 9.73 Å². The quantitative estimate of drug-likeness (QED) is 0.349. The number of carbonyl (C=O) groups excluding carboxylic acids is 1.